The number of allylic oxidation sites excluding steroid dienone is 4. The second-order valence-corrected chi connectivity index (χ2v) is 4.44. The minimum Gasteiger partial charge on any atom is -0.290 e. The van der Waals surface area contributed by atoms with Crippen molar-refractivity contribution in [3.63, 3.8) is 0 Å². The van der Waals surface area contributed by atoms with Crippen molar-refractivity contribution in [2.24, 2.45) is 11.8 Å². The molecule has 2 heteroatoms. The molecule has 0 aromatic carbocycles. The average molecular weight is 188 g/mol. The normalized spacial score (nSPS) is 35.1. The van der Waals surface area contributed by atoms with Crippen LogP contribution in [0.25, 0.3) is 0 Å². The average Bonchev–Trinajstić information content (AvgIpc) is 2.25. The van der Waals surface area contributed by atoms with E-state index in [1.807, 2.05) is 0 Å². The van der Waals surface area contributed by atoms with Crippen molar-refractivity contribution in [2.75, 3.05) is 0 Å². The van der Waals surface area contributed by atoms with Gasteiger partial charge in [-0.3, -0.25) is 9.59 Å². The smallest absolute Gasteiger partial charge is 0.182 e. The van der Waals surface area contributed by atoms with E-state index in [4.69, 9.17) is 0 Å². The first-order valence-electron chi connectivity index (χ1n) is 5.28. The van der Waals surface area contributed by atoms with Gasteiger partial charge in [-0.25, -0.2) is 0 Å². The molecule has 4 aliphatic rings. The van der Waals surface area contributed by atoms with Crippen LogP contribution in [0.2, 0.25) is 0 Å². The van der Waals surface area contributed by atoms with Crippen LogP contribution in [0, 0.1) is 11.8 Å². The van der Waals surface area contributed by atoms with E-state index in [0.29, 0.717) is 11.8 Å². The molecular formula is C12H12O2. The molecule has 0 amide bonds. The SMILES string of the molecule is O=C1C=CC(=O)C2=C1C1CCC2CC1. The quantitative estimate of drug-likeness (QED) is 0.543. The minimum atomic E-state index is 0.0917. The van der Waals surface area contributed by atoms with Gasteiger partial charge in [0.15, 0.2) is 11.6 Å². The van der Waals surface area contributed by atoms with Crippen LogP contribution in [-0.2, 0) is 9.59 Å². The van der Waals surface area contributed by atoms with E-state index in [9.17, 15) is 9.59 Å². The molecule has 0 unspecified atom stereocenters. The molecule has 0 aromatic rings. The molecule has 72 valence electrons. The predicted octanol–water partition coefficient (Wildman–Crippen LogP) is 1.81. The van der Waals surface area contributed by atoms with E-state index in [0.717, 1.165) is 36.8 Å². The van der Waals surface area contributed by atoms with Gasteiger partial charge in [0.25, 0.3) is 0 Å². The maximum Gasteiger partial charge on any atom is 0.182 e. The van der Waals surface area contributed by atoms with Gasteiger partial charge in [-0.1, -0.05) is 0 Å². The zero-order valence-corrected chi connectivity index (χ0v) is 7.95. The largest absolute Gasteiger partial charge is 0.290 e. The summed E-state index contributed by atoms with van der Waals surface area (Å²) in [6, 6.07) is 0. The topological polar surface area (TPSA) is 34.1 Å². The van der Waals surface area contributed by atoms with E-state index in [1.165, 1.54) is 12.2 Å². The highest BCUT2D eigenvalue weighted by atomic mass is 16.1. The Labute approximate surface area is 82.7 Å². The van der Waals surface area contributed by atoms with Crippen LogP contribution >= 0.6 is 0 Å². The molecule has 1 fully saturated rings. The summed E-state index contributed by atoms with van der Waals surface area (Å²) in [7, 11) is 0. The van der Waals surface area contributed by atoms with Crippen molar-refractivity contribution in [3.8, 4) is 0 Å². The van der Waals surface area contributed by atoms with Gasteiger partial charge < -0.3 is 0 Å². The molecule has 0 saturated heterocycles. The summed E-state index contributed by atoms with van der Waals surface area (Å²) < 4.78 is 0. The standard InChI is InChI=1S/C12H12O2/c13-9-5-6-10(14)12-8-2-1-7(3-4-8)11(9)12/h5-8H,1-4H2. The summed E-state index contributed by atoms with van der Waals surface area (Å²) in [6.07, 6.45) is 7.32. The van der Waals surface area contributed by atoms with E-state index in [1.54, 1.807) is 0 Å². The van der Waals surface area contributed by atoms with Crippen molar-refractivity contribution < 1.29 is 9.59 Å². The van der Waals surface area contributed by atoms with Gasteiger partial charge in [0.2, 0.25) is 0 Å². The number of carbonyl (C=O) groups is 2. The van der Waals surface area contributed by atoms with E-state index in [2.05, 4.69) is 0 Å². The highest BCUT2D eigenvalue weighted by molar-refractivity contribution is 6.20. The Morgan fingerprint density at radius 3 is 1.50 bits per heavy atom. The van der Waals surface area contributed by atoms with Crippen LogP contribution in [0.3, 0.4) is 0 Å². The molecule has 0 radical (unpaired) electrons. The monoisotopic (exact) mass is 188 g/mol. The molecule has 2 bridgehead atoms. The first-order valence-corrected chi connectivity index (χ1v) is 5.28. The Kier molecular flexibility index (Phi) is 1.55. The van der Waals surface area contributed by atoms with Crippen LogP contribution in [-0.4, -0.2) is 11.6 Å². The van der Waals surface area contributed by atoms with Gasteiger partial charge in [-0.15, -0.1) is 0 Å². The van der Waals surface area contributed by atoms with Crippen molar-refractivity contribution in [1.82, 2.24) is 0 Å². The Morgan fingerprint density at radius 1 is 0.786 bits per heavy atom. The Hall–Kier alpha value is -1.18. The van der Waals surface area contributed by atoms with Gasteiger partial charge in [-0.2, -0.15) is 0 Å². The molecule has 0 aromatic heterocycles. The first kappa shape index (κ1) is 8.16. The second kappa shape index (κ2) is 2.66. The number of hydrogen-bond donors (Lipinski definition) is 0. The zero-order chi connectivity index (χ0) is 9.71. The molecule has 0 atom stereocenters. The van der Waals surface area contributed by atoms with E-state index < -0.39 is 0 Å². The molecule has 2 nitrogen and oxygen atoms in total. The van der Waals surface area contributed by atoms with Crippen LogP contribution in [0.4, 0.5) is 0 Å². The molecule has 0 heterocycles. The first-order chi connectivity index (χ1) is 6.77. The predicted molar refractivity (Wildman–Crippen MR) is 51.6 cm³/mol. The van der Waals surface area contributed by atoms with Crippen LogP contribution in [0.1, 0.15) is 25.7 Å². The fraction of sp³-hybridized carbons (Fsp3) is 0.500. The van der Waals surface area contributed by atoms with Crippen LogP contribution < -0.4 is 0 Å². The Balaban J connectivity index is 2.17. The molecule has 14 heavy (non-hydrogen) atoms. The van der Waals surface area contributed by atoms with Crippen molar-refractivity contribution in [1.29, 1.82) is 0 Å². The lowest BCUT2D eigenvalue weighted by molar-refractivity contribution is -0.116. The zero-order valence-electron chi connectivity index (χ0n) is 7.95. The highest BCUT2D eigenvalue weighted by Gasteiger charge is 2.40. The van der Waals surface area contributed by atoms with E-state index >= 15 is 0 Å². The van der Waals surface area contributed by atoms with Crippen LogP contribution in [0.15, 0.2) is 23.3 Å². The molecule has 0 N–H and O–H groups in total. The molecule has 0 aliphatic heterocycles. The Bertz CT molecular complexity index is 343. The molecule has 1 saturated carbocycles. The summed E-state index contributed by atoms with van der Waals surface area (Å²) in [5, 5.41) is 0. The lowest BCUT2D eigenvalue weighted by Gasteiger charge is -2.39. The third-order valence-corrected chi connectivity index (χ3v) is 3.75. The van der Waals surface area contributed by atoms with Gasteiger partial charge in [0, 0.05) is 11.1 Å². The number of fused-ring (bicyclic) bond motifs is 2. The molecule has 0 spiro atoms. The fourth-order valence-corrected chi connectivity index (χ4v) is 3.11. The van der Waals surface area contributed by atoms with Gasteiger partial charge >= 0.3 is 0 Å². The van der Waals surface area contributed by atoms with Gasteiger partial charge in [0.1, 0.15) is 0 Å². The maximum atomic E-state index is 11.7. The molecule has 4 aliphatic carbocycles. The van der Waals surface area contributed by atoms with Gasteiger partial charge in [-0.05, 0) is 49.7 Å². The highest BCUT2D eigenvalue weighted by Crippen LogP contribution is 2.46. The maximum absolute atomic E-state index is 11.7. The molecule has 4 rings (SSSR count). The summed E-state index contributed by atoms with van der Waals surface area (Å²) >= 11 is 0. The minimum absolute atomic E-state index is 0.0917. The number of hydrogen-bond acceptors (Lipinski definition) is 2. The number of carbonyl (C=O) groups excluding carboxylic acids is 2. The van der Waals surface area contributed by atoms with Crippen molar-refractivity contribution in [2.45, 2.75) is 25.7 Å². The summed E-state index contributed by atoms with van der Waals surface area (Å²) in [4.78, 5) is 23.3. The summed E-state index contributed by atoms with van der Waals surface area (Å²) in [5.41, 5.74) is 1.72. The lowest BCUT2D eigenvalue weighted by Crippen LogP contribution is -2.34. The third kappa shape index (κ3) is 0.912. The van der Waals surface area contributed by atoms with E-state index in [-0.39, 0.29) is 11.6 Å². The fourth-order valence-electron chi connectivity index (χ4n) is 3.11. The Morgan fingerprint density at radius 2 is 1.14 bits per heavy atom. The third-order valence-electron chi connectivity index (χ3n) is 3.75. The second-order valence-electron chi connectivity index (χ2n) is 4.44. The number of ketones is 2. The molecular weight excluding hydrogens is 176 g/mol. The lowest BCUT2D eigenvalue weighted by atomic mass is 9.64. The summed E-state index contributed by atoms with van der Waals surface area (Å²) in [5.74, 6) is 0.954. The van der Waals surface area contributed by atoms with Crippen molar-refractivity contribution in [3.05, 3.63) is 23.3 Å². The number of rotatable bonds is 0. The van der Waals surface area contributed by atoms with Crippen LogP contribution in [0.5, 0.6) is 0 Å². The summed E-state index contributed by atoms with van der Waals surface area (Å²) in [6.45, 7) is 0. The van der Waals surface area contributed by atoms with Gasteiger partial charge in [0.05, 0.1) is 0 Å². The van der Waals surface area contributed by atoms with Crippen molar-refractivity contribution >= 4 is 11.6 Å².